The van der Waals surface area contributed by atoms with E-state index in [9.17, 15) is 4.79 Å². The number of nitrogens with zero attached hydrogens (tertiary/aromatic N) is 2. The lowest BCUT2D eigenvalue weighted by Gasteiger charge is -2.08. The van der Waals surface area contributed by atoms with Crippen molar-refractivity contribution in [3.8, 4) is 11.3 Å². The Morgan fingerprint density at radius 2 is 1.95 bits per heavy atom. The van der Waals surface area contributed by atoms with E-state index >= 15 is 0 Å². The Hall–Kier alpha value is -2.23. The Morgan fingerprint density at radius 3 is 2.65 bits per heavy atom. The summed E-state index contributed by atoms with van der Waals surface area (Å²) < 4.78 is 0. The van der Waals surface area contributed by atoms with Gasteiger partial charge in [-0.3, -0.25) is 14.8 Å². The first-order valence-electron chi connectivity index (χ1n) is 6.77. The molecule has 4 heteroatoms. The van der Waals surface area contributed by atoms with Gasteiger partial charge in [-0.25, -0.2) is 0 Å². The smallest absolute Gasteiger partial charge is 0.220 e. The lowest BCUT2D eigenvalue weighted by Crippen LogP contribution is -2.23. The minimum absolute atomic E-state index is 0.0854. The van der Waals surface area contributed by atoms with E-state index in [0.29, 0.717) is 18.9 Å². The van der Waals surface area contributed by atoms with E-state index in [0.717, 1.165) is 16.8 Å². The summed E-state index contributed by atoms with van der Waals surface area (Å²) in [5.41, 5.74) is 2.96. The highest BCUT2D eigenvalue weighted by Crippen LogP contribution is 2.16. The van der Waals surface area contributed by atoms with Gasteiger partial charge in [0.15, 0.2) is 0 Å². The molecule has 0 unspecified atom stereocenters. The average molecular weight is 269 g/mol. The van der Waals surface area contributed by atoms with E-state index in [4.69, 9.17) is 0 Å². The second-order valence-corrected chi connectivity index (χ2v) is 5.16. The summed E-state index contributed by atoms with van der Waals surface area (Å²) in [6.45, 7) is 4.60. The fourth-order valence-electron chi connectivity index (χ4n) is 1.91. The zero-order valence-corrected chi connectivity index (χ0v) is 11.8. The number of nitrogens with one attached hydrogen (secondary N) is 1. The molecule has 1 N–H and O–H groups in total. The van der Waals surface area contributed by atoms with Gasteiger partial charge in [0.2, 0.25) is 5.91 Å². The number of carbonyl (C=O) groups is 1. The third kappa shape index (κ3) is 4.16. The summed E-state index contributed by atoms with van der Waals surface area (Å²) >= 11 is 0. The van der Waals surface area contributed by atoms with Gasteiger partial charge in [0.25, 0.3) is 0 Å². The van der Waals surface area contributed by atoms with Crippen LogP contribution in [0.15, 0.2) is 42.9 Å². The maximum absolute atomic E-state index is 11.6. The fourth-order valence-corrected chi connectivity index (χ4v) is 1.91. The Labute approximate surface area is 119 Å². The first-order valence-corrected chi connectivity index (χ1v) is 6.77. The second kappa shape index (κ2) is 6.80. The lowest BCUT2D eigenvalue weighted by molar-refractivity contribution is -0.121. The average Bonchev–Trinajstić information content (AvgIpc) is 2.46. The summed E-state index contributed by atoms with van der Waals surface area (Å²) in [4.78, 5) is 20.0. The SMILES string of the molecule is CC(C)CC(=O)NCc1ccnc(-c2ccncc2)c1. The van der Waals surface area contributed by atoms with E-state index in [1.807, 2.05) is 38.1 Å². The van der Waals surface area contributed by atoms with Crippen molar-refractivity contribution in [1.82, 2.24) is 15.3 Å². The molecule has 0 aliphatic rings. The minimum atomic E-state index is 0.0854. The quantitative estimate of drug-likeness (QED) is 0.908. The Morgan fingerprint density at radius 1 is 1.20 bits per heavy atom. The molecule has 0 aliphatic heterocycles. The van der Waals surface area contributed by atoms with Crippen molar-refractivity contribution in [3.05, 3.63) is 48.4 Å². The zero-order valence-electron chi connectivity index (χ0n) is 11.8. The molecular weight excluding hydrogens is 250 g/mol. The van der Waals surface area contributed by atoms with Crippen LogP contribution >= 0.6 is 0 Å². The molecule has 0 radical (unpaired) electrons. The lowest BCUT2D eigenvalue weighted by atomic mass is 10.1. The van der Waals surface area contributed by atoms with E-state index in [1.165, 1.54) is 0 Å². The zero-order chi connectivity index (χ0) is 14.4. The molecule has 0 spiro atoms. The van der Waals surface area contributed by atoms with Crippen molar-refractivity contribution in [2.75, 3.05) is 0 Å². The maximum Gasteiger partial charge on any atom is 0.220 e. The van der Waals surface area contributed by atoms with Crippen LogP contribution in [0.5, 0.6) is 0 Å². The summed E-state index contributed by atoms with van der Waals surface area (Å²) in [7, 11) is 0. The fraction of sp³-hybridized carbons (Fsp3) is 0.312. The summed E-state index contributed by atoms with van der Waals surface area (Å²) in [5.74, 6) is 0.460. The monoisotopic (exact) mass is 269 g/mol. The summed E-state index contributed by atoms with van der Waals surface area (Å²) in [6, 6.07) is 7.75. The van der Waals surface area contributed by atoms with Gasteiger partial charge in [0.05, 0.1) is 5.69 Å². The van der Waals surface area contributed by atoms with Crippen molar-refractivity contribution in [1.29, 1.82) is 0 Å². The number of carbonyl (C=O) groups excluding carboxylic acids is 1. The first-order chi connectivity index (χ1) is 9.65. The van der Waals surface area contributed by atoms with Crippen LogP contribution in [0, 0.1) is 5.92 Å². The van der Waals surface area contributed by atoms with Gasteiger partial charge >= 0.3 is 0 Å². The van der Waals surface area contributed by atoms with Gasteiger partial charge in [-0.15, -0.1) is 0 Å². The molecule has 20 heavy (non-hydrogen) atoms. The highest BCUT2D eigenvalue weighted by atomic mass is 16.1. The van der Waals surface area contributed by atoms with Crippen molar-refractivity contribution >= 4 is 5.91 Å². The van der Waals surface area contributed by atoms with Crippen LogP contribution in [-0.2, 0) is 11.3 Å². The normalized spacial score (nSPS) is 10.6. The van der Waals surface area contributed by atoms with E-state index in [-0.39, 0.29) is 5.91 Å². The number of hydrogen-bond acceptors (Lipinski definition) is 3. The topological polar surface area (TPSA) is 54.9 Å². The van der Waals surface area contributed by atoms with Crippen LogP contribution in [-0.4, -0.2) is 15.9 Å². The number of aromatic nitrogens is 2. The largest absolute Gasteiger partial charge is 0.352 e. The number of hydrogen-bond donors (Lipinski definition) is 1. The Balaban J connectivity index is 2.02. The van der Waals surface area contributed by atoms with Gasteiger partial charge < -0.3 is 5.32 Å². The van der Waals surface area contributed by atoms with Gasteiger partial charge in [0.1, 0.15) is 0 Å². The van der Waals surface area contributed by atoms with Crippen LogP contribution in [0.25, 0.3) is 11.3 Å². The Bertz CT molecular complexity index is 567. The van der Waals surface area contributed by atoms with Crippen LogP contribution < -0.4 is 5.32 Å². The molecule has 0 fully saturated rings. The predicted octanol–water partition coefficient (Wildman–Crippen LogP) is 2.81. The second-order valence-electron chi connectivity index (χ2n) is 5.16. The molecule has 0 aliphatic carbocycles. The maximum atomic E-state index is 11.6. The molecule has 2 aromatic heterocycles. The summed E-state index contributed by atoms with van der Waals surface area (Å²) in [6.07, 6.45) is 5.81. The van der Waals surface area contributed by atoms with Gasteiger partial charge in [-0.1, -0.05) is 13.8 Å². The van der Waals surface area contributed by atoms with Crippen molar-refractivity contribution in [2.45, 2.75) is 26.8 Å². The summed E-state index contributed by atoms with van der Waals surface area (Å²) in [5, 5.41) is 2.93. The molecule has 0 bridgehead atoms. The molecule has 2 rings (SSSR count). The van der Waals surface area contributed by atoms with Crippen LogP contribution in [0.2, 0.25) is 0 Å². The van der Waals surface area contributed by atoms with E-state index < -0.39 is 0 Å². The standard InChI is InChI=1S/C16H19N3O/c1-12(2)9-16(20)19-11-13-3-8-18-15(10-13)14-4-6-17-7-5-14/h3-8,10,12H,9,11H2,1-2H3,(H,19,20). The third-order valence-corrected chi connectivity index (χ3v) is 2.88. The Kier molecular flexibility index (Phi) is 4.82. The molecule has 2 heterocycles. The minimum Gasteiger partial charge on any atom is -0.352 e. The molecule has 0 saturated carbocycles. The van der Waals surface area contributed by atoms with Gasteiger partial charge in [0, 0.05) is 37.1 Å². The van der Waals surface area contributed by atoms with Gasteiger partial charge in [-0.2, -0.15) is 0 Å². The van der Waals surface area contributed by atoms with E-state index in [2.05, 4.69) is 15.3 Å². The van der Waals surface area contributed by atoms with Crippen molar-refractivity contribution < 1.29 is 4.79 Å². The molecule has 104 valence electrons. The molecule has 1 amide bonds. The molecule has 0 saturated heterocycles. The highest BCUT2D eigenvalue weighted by molar-refractivity contribution is 5.76. The number of pyridine rings is 2. The van der Waals surface area contributed by atoms with Crippen LogP contribution in [0.1, 0.15) is 25.8 Å². The van der Waals surface area contributed by atoms with Crippen LogP contribution in [0.4, 0.5) is 0 Å². The van der Waals surface area contributed by atoms with Crippen LogP contribution in [0.3, 0.4) is 0 Å². The highest BCUT2D eigenvalue weighted by Gasteiger charge is 2.05. The van der Waals surface area contributed by atoms with Crippen molar-refractivity contribution in [2.24, 2.45) is 5.92 Å². The molecular formula is C16H19N3O. The van der Waals surface area contributed by atoms with Gasteiger partial charge in [-0.05, 0) is 35.7 Å². The number of rotatable bonds is 5. The molecule has 0 atom stereocenters. The predicted molar refractivity (Wildman–Crippen MR) is 78.8 cm³/mol. The molecule has 2 aromatic rings. The molecule has 0 aromatic carbocycles. The molecule has 4 nitrogen and oxygen atoms in total. The number of amides is 1. The van der Waals surface area contributed by atoms with E-state index in [1.54, 1.807) is 18.6 Å². The third-order valence-electron chi connectivity index (χ3n) is 2.88. The first kappa shape index (κ1) is 14.2. The van der Waals surface area contributed by atoms with Crippen molar-refractivity contribution in [3.63, 3.8) is 0 Å².